The number of alkyl halides is 1. The van der Waals surface area contributed by atoms with Gasteiger partial charge >= 0.3 is 0 Å². The van der Waals surface area contributed by atoms with Crippen molar-refractivity contribution in [2.75, 3.05) is 0 Å². The number of rotatable bonds is 2. The third-order valence-corrected chi connectivity index (χ3v) is 3.87. The lowest BCUT2D eigenvalue weighted by atomic mass is 9.98. The zero-order valence-electron chi connectivity index (χ0n) is 11.1. The Hall–Kier alpha value is -1.41. The van der Waals surface area contributed by atoms with Crippen LogP contribution in [0.5, 0.6) is 0 Å². The summed E-state index contributed by atoms with van der Waals surface area (Å²) in [7, 11) is 0. The molecule has 1 atom stereocenters. The number of benzene rings is 2. The second kappa shape index (κ2) is 5.30. The topological polar surface area (TPSA) is 0 Å². The van der Waals surface area contributed by atoms with Crippen LogP contribution in [0.4, 0.5) is 8.78 Å². The maximum Gasteiger partial charge on any atom is 0.134 e. The second-order valence-electron chi connectivity index (χ2n) is 4.80. The van der Waals surface area contributed by atoms with Crippen LogP contribution in [0.15, 0.2) is 30.3 Å². The summed E-state index contributed by atoms with van der Waals surface area (Å²) in [5.74, 6) is -1.18. The van der Waals surface area contributed by atoms with Crippen molar-refractivity contribution in [1.82, 2.24) is 0 Å². The quantitative estimate of drug-likeness (QED) is 0.662. The van der Waals surface area contributed by atoms with Crippen molar-refractivity contribution in [3.8, 4) is 0 Å². The maximum absolute atomic E-state index is 14.1. The Kier molecular flexibility index (Phi) is 3.91. The Morgan fingerprint density at radius 1 is 0.895 bits per heavy atom. The van der Waals surface area contributed by atoms with E-state index in [1.807, 2.05) is 26.0 Å². The molecule has 0 aliphatic rings. The molecule has 2 aromatic rings. The molecule has 0 saturated heterocycles. The highest BCUT2D eigenvalue weighted by Crippen LogP contribution is 2.34. The van der Waals surface area contributed by atoms with Gasteiger partial charge < -0.3 is 0 Å². The lowest BCUT2D eigenvalue weighted by Crippen LogP contribution is -2.03. The Balaban J connectivity index is 2.52. The van der Waals surface area contributed by atoms with E-state index < -0.39 is 17.0 Å². The first kappa shape index (κ1) is 14.0. The normalized spacial score (nSPS) is 12.5. The Labute approximate surface area is 117 Å². The van der Waals surface area contributed by atoms with E-state index in [4.69, 9.17) is 11.6 Å². The standard InChI is InChI=1S/C16H15ClF2/c1-9-4-6-12(8-11(9)3)15(17)14-13(18)7-5-10(2)16(14)19/h4-8,15H,1-3H3. The fourth-order valence-electron chi connectivity index (χ4n) is 2.00. The van der Waals surface area contributed by atoms with E-state index in [-0.39, 0.29) is 5.56 Å². The summed E-state index contributed by atoms with van der Waals surface area (Å²) in [4.78, 5) is 0. The minimum atomic E-state index is -0.820. The lowest BCUT2D eigenvalue weighted by Gasteiger charge is -2.15. The van der Waals surface area contributed by atoms with Crippen molar-refractivity contribution in [3.05, 3.63) is 69.8 Å². The molecule has 0 N–H and O–H groups in total. The van der Waals surface area contributed by atoms with Gasteiger partial charge in [0.2, 0.25) is 0 Å². The van der Waals surface area contributed by atoms with Gasteiger partial charge in [-0.1, -0.05) is 24.3 Å². The summed E-state index contributed by atoms with van der Waals surface area (Å²) < 4.78 is 27.9. The minimum absolute atomic E-state index is 0.0788. The molecule has 19 heavy (non-hydrogen) atoms. The molecule has 100 valence electrons. The summed E-state index contributed by atoms with van der Waals surface area (Å²) >= 11 is 6.26. The van der Waals surface area contributed by atoms with E-state index in [0.717, 1.165) is 11.1 Å². The average molecular weight is 281 g/mol. The van der Waals surface area contributed by atoms with Gasteiger partial charge in [0, 0.05) is 5.56 Å². The van der Waals surface area contributed by atoms with Gasteiger partial charge in [0.05, 0.1) is 5.38 Å². The molecule has 2 aromatic carbocycles. The fraction of sp³-hybridized carbons (Fsp3) is 0.250. The predicted molar refractivity (Wildman–Crippen MR) is 74.7 cm³/mol. The van der Waals surface area contributed by atoms with Gasteiger partial charge in [-0.15, -0.1) is 11.6 Å². The van der Waals surface area contributed by atoms with Crippen LogP contribution in [0.2, 0.25) is 0 Å². The van der Waals surface area contributed by atoms with Crippen molar-refractivity contribution in [2.45, 2.75) is 26.1 Å². The van der Waals surface area contributed by atoms with Crippen LogP contribution >= 0.6 is 11.6 Å². The molecule has 0 aromatic heterocycles. The summed E-state index contributed by atoms with van der Waals surface area (Å²) in [5, 5.41) is -0.820. The number of halogens is 3. The maximum atomic E-state index is 14.1. The molecule has 1 unspecified atom stereocenters. The van der Waals surface area contributed by atoms with Crippen molar-refractivity contribution in [2.24, 2.45) is 0 Å². The van der Waals surface area contributed by atoms with Crippen molar-refractivity contribution in [3.63, 3.8) is 0 Å². The predicted octanol–water partition coefficient (Wildman–Crippen LogP) is 5.22. The molecule has 0 amide bonds. The molecule has 0 radical (unpaired) electrons. The summed E-state index contributed by atoms with van der Waals surface area (Å²) in [5.41, 5.74) is 3.19. The van der Waals surface area contributed by atoms with Crippen LogP contribution in [0.1, 0.15) is 33.2 Å². The highest BCUT2D eigenvalue weighted by atomic mass is 35.5. The molecule has 0 aliphatic heterocycles. The van der Waals surface area contributed by atoms with E-state index in [0.29, 0.717) is 11.1 Å². The highest BCUT2D eigenvalue weighted by Gasteiger charge is 2.21. The molecule has 0 aliphatic carbocycles. The van der Waals surface area contributed by atoms with E-state index in [9.17, 15) is 8.78 Å². The zero-order chi connectivity index (χ0) is 14.2. The fourth-order valence-corrected chi connectivity index (χ4v) is 2.34. The van der Waals surface area contributed by atoms with Gasteiger partial charge in [0.1, 0.15) is 11.6 Å². The van der Waals surface area contributed by atoms with Gasteiger partial charge in [0.15, 0.2) is 0 Å². The first-order valence-corrected chi connectivity index (χ1v) is 6.51. The molecule has 0 saturated carbocycles. The first-order valence-electron chi connectivity index (χ1n) is 6.07. The lowest BCUT2D eigenvalue weighted by molar-refractivity contribution is 0.553. The molecule has 0 bridgehead atoms. The van der Waals surface area contributed by atoms with Gasteiger partial charge in [-0.05, 0) is 49.1 Å². The Bertz CT molecular complexity index is 620. The molecule has 3 heteroatoms. The Morgan fingerprint density at radius 2 is 1.53 bits per heavy atom. The number of aryl methyl sites for hydroxylation is 3. The number of hydrogen-bond acceptors (Lipinski definition) is 0. The van der Waals surface area contributed by atoms with Crippen LogP contribution in [0.3, 0.4) is 0 Å². The SMILES string of the molecule is Cc1ccc(C(Cl)c2c(F)ccc(C)c2F)cc1C. The van der Waals surface area contributed by atoms with Gasteiger partial charge in [0.25, 0.3) is 0 Å². The summed E-state index contributed by atoms with van der Waals surface area (Å²) in [6, 6.07) is 8.25. The highest BCUT2D eigenvalue weighted by molar-refractivity contribution is 6.22. The molecular formula is C16H15ClF2. The third kappa shape index (κ3) is 2.64. The summed E-state index contributed by atoms with van der Waals surface area (Å²) in [6.45, 7) is 5.53. The zero-order valence-corrected chi connectivity index (χ0v) is 11.9. The summed E-state index contributed by atoms with van der Waals surface area (Å²) in [6.07, 6.45) is 0. The number of hydrogen-bond donors (Lipinski definition) is 0. The van der Waals surface area contributed by atoms with Crippen molar-refractivity contribution >= 4 is 11.6 Å². The van der Waals surface area contributed by atoms with Crippen LogP contribution in [0, 0.1) is 32.4 Å². The monoisotopic (exact) mass is 280 g/mol. The van der Waals surface area contributed by atoms with Gasteiger partial charge in [-0.3, -0.25) is 0 Å². The largest absolute Gasteiger partial charge is 0.207 e. The Morgan fingerprint density at radius 3 is 2.16 bits per heavy atom. The second-order valence-corrected chi connectivity index (χ2v) is 5.23. The smallest absolute Gasteiger partial charge is 0.134 e. The van der Waals surface area contributed by atoms with E-state index in [1.165, 1.54) is 12.1 Å². The molecule has 0 fully saturated rings. The van der Waals surface area contributed by atoms with Crippen LogP contribution in [-0.2, 0) is 0 Å². The average Bonchev–Trinajstić information content (AvgIpc) is 2.37. The molecule has 0 nitrogen and oxygen atoms in total. The molecule has 0 spiro atoms. The van der Waals surface area contributed by atoms with E-state index >= 15 is 0 Å². The van der Waals surface area contributed by atoms with Crippen LogP contribution < -0.4 is 0 Å². The van der Waals surface area contributed by atoms with Crippen molar-refractivity contribution < 1.29 is 8.78 Å². The van der Waals surface area contributed by atoms with Crippen LogP contribution in [-0.4, -0.2) is 0 Å². The third-order valence-electron chi connectivity index (χ3n) is 3.40. The van der Waals surface area contributed by atoms with Gasteiger partial charge in [-0.25, -0.2) is 8.78 Å². The molecule has 0 heterocycles. The van der Waals surface area contributed by atoms with E-state index in [2.05, 4.69) is 0 Å². The van der Waals surface area contributed by atoms with Gasteiger partial charge in [-0.2, -0.15) is 0 Å². The minimum Gasteiger partial charge on any atom is -0.207 e. The molecular weight excluding hydrogens is 266 g/mol. The first-order chi connectivity index (χ1) is 8.91. The van der Waals surface area contributed by atoms with Crippen LogP contribution in [0.25, 0.3) is 0 Å². The molecule has 2 rings (SSSR count). The van der Waals surface area contributed by atoms with E-state index in [1.54, 1.807) is 13.0 Å². The van der Waals surface area contributed by atoms with Crippen molar-refractivity contribution in [1.29, 1.82) is 0 Å².